The molecule has 0 radical (unpaired) electrons. The molecule has 6 nitrogen and oxygen atoms in total. The van der Waals surface area contributed by atoms with Crippen LogP contribution in [0.4, 0.5) is 17.3 Å². The lowest BCUT2D eigenvalue weighted by Crippen LogP contribution is -2.31. The van der Waals surface area contributed by atoms with Crippen molar-refractivity contribution in [2.75, 3.05) is 41.3 Å². The molecule has 6 heteroatoms. The molecule has 142 valence electrons. The molecule has 2 fully saturated rings. The number of piperidine rings is 1. The van der Waals surface area contributed by atoms with Gasteiger partial charge in [0.05, 0.1) is 0 Å². The molecular formula is C21H27N5O. The molecule has 0 saturated carbocycles. The smallest absolute Gasteiger partial charge is 0.274 e. The van der Waals surface area contributed by atoms with Gasteiger partial charge in [-0.05, 0) is 69.4 Å². The summed E-state index contributed by atoms with van der Waals surface area (Å²) in [4.78, 5) is 26.3. The average molecular weight is 365 g/mol. The predicted molar refractivity (Wildman–Crippen MR) is 109 cm³/mol. The zero-order valence-electron chi connectivity index (χ0n) is 15.9. The van der Waals surface area contributed by atoms with Crippen LogP contribution in [0.3, 0.4) is 0 Å². The summed E-state index contributed by atoms with van der Waals surface area (Å²) < 4.78 is 0. The Bertz CT molecular complexity index is 793. The first-order valence-electron chi connectivity index (χ1n) is 9.96. The van der Waals surface area contributed by atoms with Gasteiger partial charge in [-0.2, -0.15) is 0 Å². The van der Waals surface area contributed by atoms with Gasteiger partial charge in [-0.1, -0.05) is 0 Å². The van der Waals surface area contributed by atoms with Gasteiger partial charge >= 0.3 is 0 Å². The number of aryl methyl sites for hydroxylation is 1. The van der Waals surface area contributed by atoms with Crippen LogP contribution in [0, 0.1) is 6.92 Å². The van der Waals surface area contributed by atoms with E-state index < -0.39 is 0 Å². The zero-order chi connectivity index (χ0) is 18.6. The molecule has 2 saturated heterocycles. The molecule has 27 heavy (non-hydrogen) atoms. The highest BCUT2D eigenvalue weighted by molar-refractivity contribution is 6.03. The maximum Gasteiger partial charge on any atom is 0.274 e. The molecule has 0 bridgehead atoms. The van der Waals surface area contributed by atoms with E-state index >= 15 is 0 Å². The highest BCUT2D eigenvalue weighted by Gasteiger charge is 2.17. The Hall–Kier alpha value is -2.63. The largest absolute Gasteiger partial charge is 0.372 e. The van der Waals surface area contributed by atoms with E-state index in [-0.39, 0.29) is 5.91 Å². The highest BCUT2D eigenvalue weighted by Crippen LogP contribution is 2.22. The molecule has 2 aromatic rings. The van der Waals surface area contributed by atoms with Gasteiger partial charge in [0.15, 0.2) is 0 Å². The number of nitrogens with zero attached hydrogens (tertiary/aromatic N) is 4. The highest BCUT2D eigenvalue weighted by atomic mass is 16.1. The average Bonchev–Trinajstić information content (AvgIpc) is 3.23. The third kappa shape index (κ3) is 4.21. The second-order valence-corrected chi connectivity index (χ2v) is 7.44. The number of amides is 1. The number of nitrogens with one attached hydrogen (secondary N) is 1. The topological polar surface area (TPSA) is 61.4 Å². The maximum atomic E-state index is 12.7. The van der Waals surface area contributed by atoms with Crippen molar-refractivity contribution in [3.63, 3.8) is 0 Å². The van der Waals surface area contributed by atoms with E-state index in [1.54, 1.807) is 6.07 Å². The fourth-order valence-corrected chi connectivity index (χ4v) is 3.83. The minimum absolute atomic E-state index is 0.187. The van der Waals surface area contributed by atoms with E-state index in [1.165, 1.54) is 24.9 Å². The second kappa shape index (κ2) is 7.94. The van der Waals surface area contributed by atoms with Gasteiger partial charge < -0.3 is 15.1 Å². The summed E-state index contributed by atoms with van der Waals surface area (Å²) in [7, 11) is 0. The number of hydrogen-bond donors (Lipinski definition) is 1. The molecule has 1 aromatic heterocycles. The molecule has 0 unspecified atom stereocenters. The van der Waals surface area contributed by atoms with Crippen molar-refractivity contribution in [2.24, 2.45) is 0 Å². The van der Waals surface area contributed by atoms with Crippen molar-refractivity contribution in [3.05, 3.63) is 41.7 Å². The molecule has 2 aliphatic heterocycles. The van der Waals surface area contributed by atoms with Gasteiger partial charge in [0.2, 0.25) is 5.95 Å². The monoisotopic (exact) mass is 365 g/mol. The Balaban J connectivity index is 1.46. The number of benzene rings is 1. The van der Waals surface area contributed by atoms with Crippen LogP contribution in [-0.2, 0) is 0 Å². The number of rotatable bonds is 4. The quantitative estimate of drug-likeness (QED) is 0.896. The van der Waals surface area contributed by atoms with Crippen LogP contribution in [0.5, 0.6) is 0 Å². The van der Waals surface area contributed by atoms with Gasteiger partial charge in [0.25, 0.3) is 5.91 Å². The number of carbonyl (C=O) groups excluding carboxylic acids is 1. The first-order valence-corrected chi connectivity index (χ1v) is 9.96. The van der Waals surface area contributed by atoms with Gasteiger partial charge in [-0.25, -0.2) is 9.97 Å². The van der Waals surface area contributed by atoms with Crippen LogP contribution in [0.15, 0.2) is 30.3 Å². The Kier molecular flexibility index (Phi) is 5.23. The van der Waals surface area contributed by atoms with E-state index in [1.807, 2.05) is 19.1 Å². The minimum Gasteiger partial charge on any atom is -0.372 e. The summed E-state index contributed by atoms with van der Waals surface area (Å²) in [6.07, 6.45) is 6.07. The molecule has 3 heterocycles. The summed E-state index contributed by atoms with van der Waals surface area (Å²) in [5.41, 5.74) is 3.25. The van der Waals surface area contributed by atoms with Gasteiger partial charge in [0.1, 0.15) is 5.69 Å². The van der Waals surface area contributed by atoms with E-state index in [0.29, 0.717) is 11.6 Å². The summed E-state index contributed by atoms with van der Waals surface area (Å²) in [6, 6.07) is 9.83. The lowest BCUT2D eigenvalue weighted by molar-refractivity contribution is 0.102. The molecule has 2 aliphatic rings. The van der Waals surface area contributed by atoms with Crippen LogP contribution in [0.1, 0.15) is 48.3 Å². The fourth-order valence-electron chi connectivity index (χ4n) is 3.83. The lowest BCUT2D eigenvalue weighted by Gasteiger charge is -2.27. The maximum absolute atomic E-state index is 12.7. The second-order valence-electron chi connectivity index (χ2n) is 7.44. The SMILES string of the molecule is Cc1cc(C(=O)Nc2ccc(N3CCCC3)cc2)nc(N2CCCCC2)n1. The summed E-state index contributed by atoms with van der Waals surface area (Å²) >= 11 is 0. The Morgan fingerprint density at radius 3 is 2.22 bits per heavy atom. The van der Waals surface area contributed by atoms with Gasteiger partial charge in [-0.3, -0.25) is 4.79 Å². The number of hydrogen-bond acceptors (Lipinski definition) is 5. The molecule has 0 spiro atoms. The third-order valence-electron chi connectivity index (χ3n) is 5.31. The van der Waals surface area contributed by atoms with Crippen molar-refractivity contribution >= 4 is 23.2 Å². The lowest BCUT2D eigenvalue weighted by atomic mass is 10.1. The minimum atomic E-state index is -0.187. The fraction of sp³-hybridized carbons (Fsp3) is 0.476. The first kappa shape index (κ1) is 17.8. The van der Waals surface area contributed by atoms with Crippen LogP contribution >= 0.6 is 0 Å². The summed E-state index contributed by atoms with van der Waals surface area (Å²) in [5, 5.41) is 2.97. The number of aromatic nitrogens is 2. The van der Waals surface area contributed by atoms with Crippen LogP contribution in [0.2, 0.25) is 0 Å². The molecule has 0 aliphatic carbocycles. The molecule has 1 aromatic carbocycles. The molecule has 1 N–H and O–H groups in total. The van der Waals surface area contributed by atoms with E-state index in [0.717, 1.165) is 50.4 Å². The Labute approximate surface area is 160 Å². The van der Waals surface area contributed by atoms with Crippen molar-refractivity contribution in [3.8, 4) is 0 Å². The summed E-state index contributed by atoms with van der Waals surface area (Å²) in [6.45, 7) is 6.07. The Morgan fingerprint density at radius 2 is 1.52 bits per heavy atom. The number of carbonyl (C=O) groups is 1. The van der Waals surface area contributed by atoms with E-state index in [4.69, 9.17) is 0 Å². The van der Waals surface area contributed by atoms with Crippen LogP contribution < -0.4 is 15.1 Å². The molecule has 4 rings (SSSR count). The predicted octanol–water partition coefficient (Wildman–Crippen LogP) is 3.63. The standard InChI is InChI=1S/C21H27N5O/c1-16-15-19(24-21(22-16)26-13-3-2-4-14-26)20(27)23-17-7-9-18(10-8-17)25-11-5-6-12-25/h7-10,15H,2-6,11-14H2,1H3,(H,23,27). The van der Waals surface area contributed by atoms with Crippen LogP contribution in [0.25, 0.3) is 0 Å². The molecule has 0 atom stereocenters. The molecule has 1 amide bonds. The normalized spacial score (nSPS) is 17.2. The van der Waals surface area contributed by atoms with E-state index in [9.17, 15) is 4.79 Å². The van der Waals surface area contributed by atoms with Crippen molar-refractivity contribution in [1.29, 1.82) is 0 Å². The zero-order valence-corrected chi connectivity index (χ0v) is 15.9. The third-order valence-corrected chi connectivity index (χ3v) is 5.31. The van der Waals surface area contributed by atoms with Gasteiger partial charge in [-0.15, -0.1) is 0 Å². The molecular weight excluding hydrogens is 338 g/mol. The number of anilines is 3. The van der Waals surface area contributed by atoms with Crippen molar-refractivity contribution in [1.82, 2.24) is 9.97 Å². The van der Waals surface area contributed by atoms with Gasteiger partial charge in [0, 0.05) is 43.2 Å². The Morgan fingerprint density at radius 1 is 0.889 bits per heavy atom. The van der Waals surface area contributed by atoms with Crippen molar-refractivity contribution < 1.29 is 4.79 Å². The van der Waals surface area contributed by atoms with Crippen molar-refractivity contribution in [2.45, 2.75) is 39.0 Å². The van der Waals surface area contributed by atoms with E-state index in [2.05, 4.69) is 37.2 Å². The first-order chi connectivity index (χ1) is 13.2. The van der Waals surface area contributed by atoms with Crippen LogP contribution in [-0.4, -0.2) is 42.1 Å². The summed E-state index contributed by atoms with van der Waals surface area (Å²) in [5.74, 6) is 0.483.